The molecule has 2 fully saturated rings. The summed E-state index contributed by atoms with van der Waals surface area (Å²) < 4.78 is 0. The van der Waals surface area contributed by atoms with E-state index in [0.717, 1.165) is 25.0 Å². The highest BCUT2D eigenvalue weighted by Crippen LogP contribution is 2.27. The molecule has 0 aliphatic carbocycles. The Hall–Kier alpha value is -1.85. The standard InChI is InChI=1S/C11H14N4O2/c16-10-9-3-1-2-6-14(9)11(17)15(10)7-8-4-5-12-13-8/h4-5,9H,1-3,6-7H2,(H,12,13). The molecule has 0 saturated carbocycles. The number of hydrogen-bond acceptors (Lipinski definition) is 3. The molecule has 2 aliphatic heterocycles. The molecule has 0 bridgehead atoms. The fraction of sp³-hybridized carbons (Fsp3) is 0.545. The lowest BCUT2D eigenvalue weighted by atomic mass is 10.0. The summed E-state index contributed by atoms with van der Waals surface area (Å²) in [6.45, 7) is 0.999. The molecule has 1 unspecified atom stereocenters. The van der Waals surface area contributed by atoms with Crippen LogP contribution in [0.3, 0.4) is 0 Å². The van der Waals surface area contributed by atoms with Crippen LogP contribution in [0.5, 0.6) is 0 Å². The minimum absolute atomic E-state index is 0.0655. The van der Waals surface area contributed by atoms with Crippen molar-refractivity contribution in [3.8, 4) is 0 Å². The van der Waals surface area contributed by atoms with Crippen LogP contribution in [0.4, 0.5) is 4.79 Å². The highest BCUT2D eigenvalue weighted by molar-refractivity contribution is 6.04. The number of amides is 3. The van der Waals surface area contributed by atoms with Crippen LogP contribution in [0.2, 0.25) is 0 Å². The maximum absolute atomic E-state index is 12.1. The van der Waals surface area contributed by atoms with Crippen LogP contribution in [0, 0.1) is 0 Å². The second-order valence-corrected chi connectivity index (χ2v) is 4.49. The molecule has 1 N–H and O–H groups in total. The van der Waals surface area contributed by atoms with Gasteiger partial charge < -0.3 is 4.90 Å². The van der Waals surface area contributed by atoms with E-state index >= 15 is 0 Å². The van der Waals surface area contributed by atoms with Crippen molar-refractivity contribution in [2.24, 2.45) is 0 Å². The molecule has 1 aromatic rings. The molecule has 3 heterocycles. The zero-order valence-corrected chi connectivity index (χ0v) is 9.43. The van der Waals surface area contributed by atoms with E-state index in [4.69, 9.17) is 0 Å². The van der Waals surface area contributed by atoms with Gasteiger partial charge in [-0.25, -0.2) is 4.79 Å². The Morgan fingerprint density at radius 2 is 2.29 bits per heavy atom. The third-order valence-corrected chi connectivity index (χ3v) is 3.42. The number of H-pyrrole nitrogens is 1. The average molecular weight is 234 g/mol. The predicted octanol–water partition coefficient (Wildman–Crippen LogP) is 0.726. The number of hydrogen-bond donors (Lipinski definition) is 1. The number of fused-ring (bicyclic) bond motifs is 1. The van der Waals surface area contributed by atoms with Crippen LogP contribution in [-0.4, -0.2) is 44.5 Å². The van der Waals surface area contributed by atoms with E-state index in [1.807, 2.05) is 0 Å². The van der Waals surface area contributed by atoms with E-state index in [9.17, 15) is 9.59 Å². The number of urea groups is 1. The number of carbonyl (C=O) groups excluding carboxylic acids is 2. The molecule has 3 rings (SSSR count). The lowest BCUT2D eigenvalue weighted by Gasteiger charge is -2.26. The molecule has 0 aromatic carbocycles. The summed E-state index contributed by atoms with van der Waals surface area (Å²) in [6, 6.07) is 1.39. The molecule has 3 amide bonds. The number of carbonyl (C=O) groups is 2. The third-order valence-electron chi connectivity index (χ3n) is 3.42. The summed E-state index contributed by atoms with van der Waals surface area (Å²) in [7, 11) is 0. The maximum atomic E-state index is 12.1. The number of nitrogens with zero attached hydrogens (tertiary/aromatic N) is 3. The van der Waals surface area contributed by atoms with Gasteiger partial charge in [0.1, 0.15) is 6.04 Å². The zero-order chi connectivity index (χ0) is 11.8. The van der Waals surface area contributed by atoms with Crippen molar-refractivity contribution in [1.29, 1.82) is 0 Å². The van der Waals surface area contributed by atoms with E-state index in [1.165, 1.54) is 4.90 Å². The Balaban J connectivity index is 1.81. The number of rotatable bonds is 2. The normalized spacial score (nSPS) is 24.4. The van der Waals surface area contributed by atoms with E-state index in [-0.39, 0.29) is 18.0 Å². The molecular formula is C11H14N4O2. The second kappa shape index (κ2) is 3.87. The highest BCUT2D eigenvalue weighted by atomic mass is 16.2. The molecule has 0 spiro atoms. The van der Waals surface area contributed by atoms with Crippen molar-refractivity contribution in [2.75, 3.05) is 6.54 Å². The number of aromatic amines is 1. The molecule has 6 heteroatoms. The molecule has 17 heavy (non-hydrogen) atoms. The van der Waals surface area contributed by atoms with Gasteiger partial charge in [0.2, 0.25) is 0 Å². The first-order valence-corrected chi connectivity index (χ1v) is 5.87. The van der Waals surface area contributed by atoms with Crippen molar-refractivity contribution in [1.82, 2.24) is 20.0 Å². The van der Waals surface area contributed by atoms with Crippen LogP contribution in [0.1, 0.15) is 25.0 Å². The topological polar surface area (TPSA) is 69.3 Å². The molecule has 6 nitrogen and oxygen atoms in total. The Kier molecular flexibility index (Phi) is 2.35. The van der Waals surface area contributed by atoms with Crippen LogP contribution in [-0.2, 0) is 11.3 Å². The summed E-state index contributed by atoms with van der Waals surface area (Å²) in [5.41, 5.74) is 0.784. The number of piperidine rings is 1. The zero-order valence-electron chi connectivity index (χ0n) is 9.43. The fourth-order valence-electron chi connectivity index (χ4n) is 2.54. The summed E-state index contributed by atoms with van der Waals surface area (Å²) in [4.78, 5) is 27.2. The molecule has 2 aliphatic rings. The highest BCUT2D eigenvalue weighted by Gasteiger charge is 2.45. The molecule has 1 atom stereocenters. The van der Waals surface area contributed by atoms with Crippen molar-refractivity contribution < 1.29 is 9.59 Å². The Bertz CT molecular complexity index is 418. The average Bonchev–Trinajstić information content (AvgIpc) is 2.94. The molecule has 0 radical (unpaired) electrons. The Labute approximate surface area is 98.6 Å². The van der Waals surface area contributed by atoms with E-state index in [0.29, 0.717) is 13.1 Å². The Morgan fingerprint density at radius 3 is 3.00 bits per heavy atom. The minimum atomic E-state index is -0.223. The van der Waals surface area contributed by atoms with Crippen molar-refractivity contribution in [3.63, 3.8) is 0 Å². The number of imide groups is 1. The first kappa shape index (κ1) is 10.3. The van der Waals surface area contributed by atoms with Crippen molar-refractivity contribution in [2.45, 2.75) is 31.8 Å². The van der Waals surface area contributed by atoms with Gasteiger partial charge >= 0.3 is 6.03 Å². The van der Waals surface area contributed by atoms with Crippen molar-refractivity contribution >= 4 is 11.9 Å². The smallest absolute Gasteiger partial charge is 0.312 e. The molecule has 1 aromatic heterocycles. The fourth-order valence-corrected chi connectivity index (χ4v) is 2.54. The predicted molar refractivity (Wildman–Crippen MR) is 58.9 cm³/mol. The van der Waals surface area contributed by atoms with Gasteiger partial charge in [0.25, 0.3) is 5.91 Å². The van der Waals surface area contributed by atoms with Gasteiger partial charge in [0, 0.05) is 12.7 Å². The number of aromatic nitrogens is 2. The monoisotopic (exact) mass is 234 g/mol. The first-order valence-electron chi connectivity index (χ1n) is 5.87. The van der Waals surface area contributed by atoms with Gasteiger partial charge in [0.15, 0.2) is 0 Å². The summed E-state index contributed by atoms with van der Waals surface area (Å²) >= 11 is 0. The molecular weight excluding hydrogens is 220 g/mol. The van der Waals surface area contributed by atoms with Gasteiger partial charge in [0.05, 0.1) is 12.2 Å². The summed E-state index contributed by atoms with van der Waals surface area (Å²) in [5, 5.41) is 6.59. The van der Waals surface area contributed by atoms with Crippen molar-refractivity contribution in [3.05, 3.63) is 18.0 Å². The lowest BCUT2D eigenvalue weighted by molar-refractivity contribution is -0.129. The van der Waals surface area contributed by atoms with E-state index < -0.39 is 0 Å². The van der Waals surface area contributed by atoms with E-state index in [1.54, 1.807) is 17.2 Å². The minimum Gasteiger partial charge on any atom is -0.312 e. The van der Waals surface area contributed by atoms with Gasteiger partial charge in [-0.15, -0.1) is 0 Å². The van der Waals surface area contributed by atoms with Gasteiger partial charge in [-0.1, -0.05) is 0 Å². The largest absolute Gasteiger partial charge is 0.327 e. The Morgan fingerprint density at radius 1 is 1.41 bits per heavy atom. The third kappa shape index (κ3) is 1.60. The van der Waals surface area contributed by atoms with Gasteiger partial charge in [-0.3, -0.25) is 14.8 Å². The lowest BCUT2D eigenvalue weighted by Crippen LogP contribution is -2.38. The van der Waals surface area contributed by atoms with E-state index in [2.05, 4.69) is 10.2 Å². The SMILES string of the molecule is O=C1C2CCCCN2C(=O)N1Cc1ccn[nH]1. The first-order chi connectivity index (χ1) is 8.27. The van der Waals surface area contributed by atoms with Gasteiger partial charge in [-0.2, -0.15) is 5.10 Å². The van der Waals surface area contributed by atoms with Gasteiger partial charge in [-0.05, 0) is 25.3 Å². The van der Waals surface area contributed by atoms with Crippen LogP contribution in [0.25, 0.3) is 0 Å². The maximum Gasteiger partial charge on any atom is 0.327 e. The number of nitrogens with one attached hydrogen (secondary N) is 1. The molecule has 2 saturated heterocycles. The van der Waals surface area contributed by atoms with Crippen LogP contribution >= 0.6 is 0 Å². The second-order valence-electron chi connectivity index (χ2n) is 4.49. The van der Waals surface area contributed by atoms with Crippen LogP contribution < -0.4 is 0 Å². The summed E-state index contributed by atoms with van der Waals surface area (Å²) in [6.07, 6.45) is 4.43. The van der Waals surface area contributed by atoms with Crippen LogP contribution in [0.15, 0.2) is 12.3 Å². The summed E-state index contributed by atoms with van der Waals surface area (Å²) in [5.74, 6) is -0.0655. The molecule has 90 valence electrons. The quantitative estimate of drug-likeness (QED) is 0.767.